The van der Waals surface area contributed by atoms with Gasteiger partial charge in [0.2, 0.25) is 0 Å². The van der Waals surface area contributed by atoms with Crippen LogP contribution in [-0.4, -0.2) is 5.71 Å². The molecule has 0 aromatic heterocycles. The van der Waals surface area contributed by atoms with Crippen LogP contribution in [0, 0.1) is 0 Å². The number of nitrogens with zero attached hydrogens (tertiary/aromatic N) is 1. The van der Waals surface area contributed by atoms with Gasteiger partial charge < -0.3 is 16.8 Å². The molecule has 4 nitrogen and oxygen atoms in total. The van der Waals surface area contributed by atoms with Gasteiger partial charge in [-0.15, -0.1) is 0 Å². The Bertz CT molecular complexity index is 885. The van der Waals surface area contributed by atoms with E-state index in [2.05, 4.69) is 31.0 Å². The predicted molar refractivity (Wildman–Crippen MR) is 112 cm³/mol. The third-order valence-corrected chi connectivity index (χ3v) is 4.17. The molecule has 0 aliphatic heterocycles. The predicted octanol–water partition coefficient (Wildman–Crippen LogP) is 4.70. The van der Waals surface area contributed by atoms with E-state index in [9.17, 15) is 0 Å². The van der Waals surface area contributed by atoms with E-state index in [0.29, 0.717) is 5.70 Å². The average molecular weight is 344 g/mol. The van der Waals surface area contributed by atoms with Gasteiger partial charge >= 0.3 is 0 Å². The van der Waals surface area contributed by atoms with Gasteiger partial charge in [0.25, 0.3) is 0 Å². The maximum Gasteiger partial charge on any atom is 0.0725 e. The van der Waals surface area contributed by atoms with E-state index in [4.69, 9.17) is 16.5 Å². The minimum atomic E-state index is 0.629. The molecule has 2 aromatic rings. The summed E-state index contributed by atoms with van der Waals surface area (Å²) in [5.74, 6) is 0. The molecule has 132 valence electrons. The summed E-state index contributed by atoms with van der Waals surface area (Å²) in [6.07, 6.45) is 5.98. The van der Waals surface area contributed by atoms with Gasteiger partial charge in [-0.1, -0.05) is 32.1 Å². The number of anilines is 2. The molecule has 1 aliphatic rings. The topological polar surface area (TPSA) is 76.4 Å². The zero-order valence-corrected chi connectivity index (χ0v) is 15.0. The summed E-state index contributed by atoms with van der Waals surface area (Å²) >= 11 is 0. The summed E-state index contributed by atoms with van der Waals surface area (Å²) in [4.78, 5) is 4.72. The second-order valence-electron chi connectivity index (χ2n) is 6.34. The Balaban J connectivity index is 1.85. The van der Waals surface area contributed by atoms with Crippen molar-refractivity contribution in [3.05, 3.63) is 89.8 Å². The number of allylic oxidation sites excluding steroid dienone is 3. The van der Waals surface area contributed by atoms with Crippen molar-refractivity contribution in [2.24, 2.45) is 10.7 Å². The molecule has 26 heavy (non-hydrogen) atoms. The van der Waals surface area contributed by atoms with Gasteiger partial charge in [-0.05, 0) is 66.1 Å². The van der Waals surface area contributed by atoms with Crippen LogP contribution in [0.4, 0.5) is 17.1 Å². The first kappa shape index (κ1) is 17.5. The summed E-state index contributed by atoms with van der Waals surface area (Å²) in [6, 6.07) is 15.8. The molecule has 5 N–H and O–H groups in total. The summed E-state index contributed by atoms with van der Waals surface area (Å²) < 4.78 is 0. The Morgan fingerprint density at radius 3 is 2.31 bits per heavy atom. The highest BCUT2D eigenvalue weighted by Crippen LogP contribution is 2.23. The molecular formula is C22H24N4. The number of hydrogen-bond donors (Lipinski definition) is 3. The fourth-order valence-electron chi connectivity index (χ4n) is 2.75. The second-order valence-corrected chi connectivity index (χ2v) is 6.34. The minimum absolute atomic E-state index is 0.629. The monoisotopic (exact) mass is 344 g/mol. The highest BCUT2D eigenvalue weighted by atomic mass is 14.9. The fourth-order valence-corrected chi connectivity index (χ4v) is 2.75. The molecule has 0 bridgehead atoms. The first-order chi connectivity index (χ1) is 12.5. The van der Waals surface area contributed by atoms with Crippen molar-refractivity contribution in [2.75, 3.05) is 11.1 Å². The van der Waals surface area contributed by atoms with Gasteiger partial charge in [0.1, 0.15) is 0 Å². The van der Waals surface area contributed by atoms with Crippen molar-refractivity contribution in [1.29, 1.82) is 0 Å². The Labute approximate surface area is 154 Å². The van der Waals surface area contributed by atoms with E-state index < -0.39 is 0 Å². The van der Waals surface area contributed by atoms with Crippen LogP contribution in [0.3, 0.4) is 0 Å². The lowest BCUT2D eigenvalue weighted by atomic mass is 10.0. The molecule has 0 atom stereocenters. The average Bonchev–Trinajstić information content (AvgIpc) is 2.63. The summed E-state index contributed by atoms with van der Waals surface area (Å²) in [7, 11) is 0. The summed E-state index contributed by atoms with van der Waals surface area (Å²) in [5, 5.41) is 3.31. The van der Waals surface area contributed by atoms with E-state index >= 15 is 0 Å². The van der Waals surface area contributed by atoms with Crippen molar-refractivity contribution in [1.82, 2.24) is 0 Å². The SMILES string of the molecule is C=C1C=C(N)C(Nc2ccc(N)cc2)=CC1=Nc1ccc(CCC)cc1. The maximum atomic E-state index is 6.15. The lowest BCUT2D eigenvalue weighted by molar-refractivity contribution is 0.922. The number of hydrogen-bond acceptors (Lipinski definition) is 4. The first-order valence-electron chi connectivity index (χ1n) is 8.74. The Hall–Kier alpha value is -3.27. The highest BCUT2D eigenvalue weighted by molar-refractivity contribution is 6.13. The number of aliphatic imine (C=N–C) groups is 1. The van der Waals surface area contributed by atoms with Gasteiger partial charge in [0.15, 0.2) is 0 Å². The third-order valence-electron chi connectivity index (χ3n) is 4.17. The largest absolute Gasteiger partial charge is 0.399 e. The van der Waals surface area contributed by atoms with E-state index in [-0.39, 0.29) is 0 Å². The first-order valence-corrected chi connectivity index (χ1v) is 8.74. The van der Waals surface area contributed by atoms with Crippen molar-refractivity contribution in [2.45, 2.75) is 19.8 Å². The molecule has 1 aliphatic carbocycles. The molecule has 0 fully saturated rings. The number of nitrogen functional groups attached to an aromatic ring is 1. The number of nitrogens with two attached hydrogens (primary N) is 2. The van der Waals surface area contributed by atoms with Gasteiger partial charge in [-0.3, -0.25) is 0 Å². The number of rotatable bonds is 5. The molecule has 0 radical (unpaired) electrons. The summed E-state index contributed by atoms with van der Waals surface area (Å²) in [6.45, 7) is 6.24. The molecule has 3 rings (SSSR count). The van der Waals surface area contributed by atoms with Gasteiger partial charge in [0.05, 0.1) is 22.8 Å². The molecule has 0 spiro atoms. The van der Waals surface area contributed by atoms with Crippen LogP contribution in [-0.2, 0) is 6.42 Å². The smallest absolute Gasteiger partial charge is 0.0725 e. The molecule has 0 saturated carbocycles. The van der Waals surface area contributed by atoms with Crippen molar-refractivity contribution < 1.29 is 0 Å². The molecule has 0 unspecified atom stereocenters. The minimum Gasteiger partial charge on any atom is -0.399 e. The lowest BCUT2D eigenvalue weighted by Gasteiger charge is -2.17. The van der Waals surface area contributed by atoms with Gasteiger partial charge in [0, 0.05) is 11.4 Å². The zero-order valence-electron chi connectivity index (χ0n) is 15.0. The third kappa shape index (κ3) is 4.22. The maximum absolute atomic E-state index is 6.15. The number of nitrogens with one attached hydrogen (secondary N) is 1. The molecule has 4 heteroatoms. The van der Waals surface area contributed by atoms with Crippen LogP contribution in [0.1, 0.15) is 18.9 Å². The molecule has 0 saturated heterocycles. The summed E-state index contributed by atoms with van der Waals surface area (Å²) in [5.41, 5.74) is 18.7. The van der Waals surface area contributed by atoms with Crippen LogP contribution in [0.2, 0.25) is 0 Å². The van der Waals surface area contributed by atoms with Crippen molar-refractivity contribution >= 4 is 22.8 Å². The Morgan fingerprint density at radius 1 is 0.962 bits per heavy atom. The Kier molecular flexibility index (Phi) is 5.23. The molecule has 2 aromatic carbocycles. The van der Waals surface area contributed by atoms with Gasteiger partial charge in [-0.2, -0.15) is 0 Å². The van der Waals surface area contributed by atoms with E-state index in [0.717, 1.165) is 46.9 Å². The standard InChI is InChI=1S/C22H24N4/c1-3-4-16-5-9-18(10-6-16)25-21-14-22(20(24)13-15(21)2)26-19-11-7-17(23)8-12-19/h5-14,26H,2-4,23-24H2,1H3. The van der Waals surface area contributed by atoms with Crippen LogP contribution >= 0.6 is 0 Å². The van der Waals surface area contributed by atoms with Crippen molar-refractivity contribution in [3.63, 3.8) is 0 Å². The number of aryl methyl sites for hydroxylation is 1. The highest BCUT2D eigenvalue weighted by Gasteiger charge is 2.13. The van der Waals surface area contributed by atoms with Crippen LogP contribution in [0.5, 0.6) is 0 Å². The molecule has 0 amide bonds. The fraction of sp³-hybridized carbons (Fsp3) is 0.136. The van der Waals surface area contributed by atoms with Crippen LogP contribution in [0.25, 0.3) is 0 Å². The van der Waals surface area contributed by atoms with Crippen LogP contribution in [0.15, 0.2) is 89.2 Å². The number of benzene rings is 2. The van der Waals surface area contributed by atoms with Gasteiger partial charge in [-0.25, -0.2) is 4.99 Å². The van der Waals surface area contributed by atoms with E-state index in [1.54, 1.807) is 0 Å². The van der Waals surface area contributed by atoms with E-state index in [1.807, 2.05) is 48.6 Å². The second kappa shape index (κ2) is 7.74. The molecule has 0 heterocycles. The molecular weight excluding hydrogens is 320 g/mol. The van der Waals surface area contributed by atoms with Crippen LogP contribution < -0.4 is 16.8 Å². The van der Waals surface area contributed by atoms with Crippen molar-refractivity contribution in [3.8, 4) is 0 Å². The normalized spacial score (nSPS) is 15.6. The lowest BCUT2D eigenvalue weighted by Crippen LogP contribution is -2.17. The zero-order chi connectivity index (χ0) is 18.5. The van der Waals surface area contributed by atoms with E-state index in [1.165, 1.54) is 5.56 Å². The quantitative estimate of drug-likeness (QED) is 0.688. The Morgan fingerprint density at radius 2 is 1.65 bits per heavy atom.